The third-order valence-electron chi connectivity index (χ3n) is 3.52. The Morgan fingerprint density at radius 1 is 1.29 bits per heavy atom. The predicted octanol–water partition coefficient (Wildman–Crippen LogP) is 3.92. The van der Waals surface area contributed by atoms with Gasteiger partial charge in [0.2, 0.25) is 0 Å². The first-order valence-corrected chi connectivity index (χ1v) is 7.21. The Labute approximate surface area is 125 Å². The second-order valence-electron chi connectivity index (χ2n) is 5.85. The molecule has 0 bridgehead atoms. The molecular formula is C17H21N3O. The van der Waals surface area contributed by atoms with Crippen LogP contribution in [0, 0.1) is 16.7 Å². The largest absolute Gasteiger partial charge is 0.491 e. The van der Waals surface area contributed by atoms with Crippen molar-refractivity contribution in [3.05, 3.63) is 30.5 Å². The lowest BCUT2D eigenvalue weighted by molar-refractivity contribution is 0.297. The summed E-state index contributed by atoms with van der Waals surface area (Å²) in [5.41, 5.74) is 7.19. The summed E-state index contributed by atoms with van der Waals surface area (Å²) in [7, 11) is 0. The predicted molar refractivity (Wildman–Crippen MR) is 84.9 cm³/mol. The molecule has 0 amide bonds. The normalized spacial score (nSPS) is 11.3. The van der Waals surface area contributed by atoms with Gasteiger partial charge in [0, 0.05) is 17.3 Å². The number of nitrogens with zero attached hydrogens (tertiary/aromatic N) is 2. The van der Waals surface area contributed by atoms with E-state index in [1.165, 1.54) is 0 Å². The van der Waals surface area contributed by atoms with Crippen molar-refractivity contribution in [2.75, 3.05) is 12.3 Å². The van der Waals surface area contributed by atoms with Crippen LogP contribution in [0.25, 0.3) is 10.9 Å². The van der Waals surface area contributed by atoms with E-state index in [4.69, 9.17) is 15.7 Å². The van der Waals surface area contributed by atoms with Gasteiger partial charge in [-0.05, 0) is 57.4 Å². The van der Waals surface area contributed by atoms with Crippen LogP contribution >= 0.6 is 0 Å². The number of nitrogens with two attached hydrogens (primary N) is 1. The number of anilines is 1. The maximum Gasteiger partial charge on any atom is 0.145 e. The molecule has 110 valence electrons. The molecule has 1 heterocycles. The number of rotatable bonds is 6. The highest BCUT2D eigenvalue weighted by Gasteiger charge is 2.15. The molecule has 0 aliphatic heterocycles. The minimum Gasteiger partial charge on any atom is -0.491 e. The number of nitriles is 1. The number of benzene rings is 1. The van der Waals surface area contributed by atoms with Crippen molar-refractivity contribution in [2.24, 2.45) is 5.41 Å². The van der Waals surface area contributed by atoms with Gasteiger partial charge in [0.05, 0.1) is 18.1 Å². The second kappa shape index (κ2) is 6.45. The summed E-state index contributed by atoms with van der Waals surface area (Å²) in [4.78, 5) is 4.35. The van der Waals surface area contributed by atoms with E-state index in [-0.39, 0.29) is 5.41 Å². The first-order valence-electron chi connectivity index (χ1n) is 7.21. The molecule has 0 radical (unpaired) electrons. The van der Waals surface area contributed by atoms with Crippen molar-refractivity contribution in [1.29, 1.82) is 5.26 Å². The molecule has 1 aromatic carbocycles. The topological polar surface area (TPSA) is 71.9 Å². The van der Waals surface area contributed by atoms with Crippen LogP contribution in [0.3, 0.4) is 0 Å². The van der Waals surface area contributed by atoms with E-state index in [9.17, 15) is 0 Å². The van der Waals surface area contributed by atoms with Crippen molar-refractivity contribution in [3.63, 3.8) is 0 Å². The second-order valence-corrected chi connectivity index (χ2v) is 5.85. The maximum atomic E-state index is 8.97. The molecule has 0 spiro atoms. The quantitative estimate of drug-likeness (QED) is 0.644. The van der Waals surface area contributed by atoms with Gasteiger partial charge >= 0.3 is 0 Å². The van der Waals surface area contributed by atoms with Gasteiger partial charge in [-0.3, -0.25) is 4.98 Å². The summed E-state index contributed by atoms with van der Waals surface area (Å²) >= 11 is 0. The van der Waals surface area contributed by atoms with Gasteiger partial charge in [-0.2, -0.15) is 5.26 Å². The van der Waals surface area contributed by atoms with Gasteiger partial charge in [-0.1, -0.05) is 0 Å². The summed E-state index contributed by atoms with van der Waals surface area (Å²) in [6, 6.07) is 9.84. The van der Waals surface area contributed by atoms with E-state index in [1.54, 1.807) is 6.20 Å². The Balaban J connectivity index is 1.93. The van der Waals surface area contributed by atoms with Gasteiger partial charge in [0.1, 0.15) is 11.3 Å². The average molecular weight is 283 g/mol. The summed E-state index contributed by atoms with van der Waals surface area (Å²) in [6.45, 7) is 4.55. The van der Waals surface area contributed by atoms with Crippen molar-refractivity contribution >= 4 is 16.6 Å². The van der Waals surface area contributed by atoms with Crippen LogP contribution in [0.5, 0.6) is 5.75 Å². The summed E-state index contributed by atoms with van der Waals surface area (Å²) in [5.74, 6) is 0.763. The van der Waals surface area contributed by atoms with Crippen LogP contribution < -0.4 is 10.5 Å². The van der Waals surface area contributed by atoms with Crippen molar-refractivity contribution in [3.8, 4) is 11.8 Å². The molecule has 0 unspecified atom stereocenters. The molecule has 2 aromatic rings. The number of hydrogen-bond acceptors (Lipinski definition) is 4. The fourth-order valence-electron chi connectivity index (χ4n) is 2.19. The van der Waals surface area contributed by atoms with Gasteiger partial charge in [0.25, 0.3) is 0 Å². The lowest BCUT2D eigenvalue weighted by Crippen LogP contribution is -2.08. The Morgan fingerprint density at radius 2 is 2.10 bits per heavy atom. The molecule has 0 fully saturated rings. The average Bonchev–Trinajstić information content (AvgIpc) is 2.49. The van der Waals surface area contributed by atoms with Gasteiger partial charge in [0.15, 0.2) is 0 Å². The Hall–Kier alpha value is -2.28. The zero-order chi connectivity index (χ0) is 15.3. The van der Waals surface area contributed by atoms with E-state index in [1.807, 2.05) is 38.1 Å². The monoisotopic (exact) mass is 283 g/mol. The van der Waals surface area contributed by atoms with Crippen LogP contribution in [-0.4, -0.2) is 11.6 Å². The van der Waals surface area contributed by atoms with Crippen LogP contribution in [0.2, 0.25) is 0 Å². The van der Waals surface area contributed by atoms with E-state index in [2.05, 4.69) is 11.1 Å². The number of aromatic nitrogens is 1. The summed E-state index contributed by atoms with van der Waals surface area (Å²) < 4.78 is 5.82. The number of unbranched alkanes of at least 4 members (excludes halogenated alkanes) is 1. The number of nitrogen functional groups attached to an aromatic ring is 1. The van der Waals surface area contributed by atoms with E-state index in [0.29, 0.717) is 12.3 Å². The highest BCUT2D eigenvalue weighted by atomic mass is 16.5. The van der Waals surface area contributed by atoms with Crippen LogP contribution in [-0.2, 0) is 0 Å². The molecule has 0 saturated heterocycles. The number of fused-ring (bicyclic) bond motifs is 1. The standard InChI is InChI=1S/C17H21N3O/c1-17(2,12-18)9-3-4-11-21-15-8-7-14(19)13-6-5-10-20-16(13)15/h5-8,10H,3-4,9,11,19H2,1-2H3. The molecule has 0 saturated carbocycles. The van der Waals surface area contributed by atoms with Gasteiger partial charge < -0.3 is 10.5 Å². The lowest BCUT2D eigenvalue weighted by Gasteiger charge is -2.14. The van der Waals surface area contributed by atoms with Crippen molar-refractivity contribution in [2.45, 2.75) is 33.1 Å². The smallest absolute Gasteiger partial charge is 0.145 e. The zero-order valence-electron chi connectivity index (χ0n) is 12.6. The summed E-state index contributed by atoms with van der Waals surface area (Å²) in [5, 5.41) is 9.89. The third kappa shape index (κ3) is 3.85. The Morgan fingerprint density at radius 3 is 2.86 bits per heavy atom. The minimum atomic E-state index is -0.255. The molecule has 0 aliphatic rings. The fourth-order valence-corrected chi connectivity index (χ4v) is 2.19. The lowest BCUT2D eigenvalue weighted by atomic mass is 9.89. The van der Waals surface area contributed by atoms with Gasteiger partial charge in [-0.25, -0.2) is 0 Å². The summed E-state index contributed by atoms with van der Waals surface area (Å²) in [6.07, 6.45) is 4.52. The molecule has 0 atom stereocenters. The van der Waals surface area contributed by atoms with E-state index >= 15 is 0 Å². The highest BCUT2D eigenvalue weighted by molar-refractivity contribution is 5.94. The maximum absolute atomic E-state index is 8.97. The molecule has 2 rings (SSSR count). The fraction of sp³-hybridized carbons (Fsp3) is 0.412. The molecule has 4 nitrogen and oxygen atoms in total. The number of pyridine rings is 1. The SMILES string of the molecule is CC(C)(C#N)CCCCOc1ccc(N)c2cccnc12. The van der Waals surface area contributed by atoms with E-state index in [0.717, 1.165) is 35.9 Å². The first-order chi connectivity index (χ1) is 10.0. The molecule has 2 N–H and O–H groups in total. The highest BCUT2D eigenvalue weighted by Crippen LogP contribution is 2.28. The van der Waals surface area contributed by atoms with Crippen LogP contribution in [0.15, 0.2) is 30.5 Å². The number of hydrogen-bond donors (Lipinski definition) is 1. The third-order valence-corrected chi connectivity index (χ3v) is 3.52. The molecule has 21 heavy (non-hydrogen) atoms. The van der Waals surface area contributed by atoms with Gasteiger partial charge in [-0.15, -0.1) is 0 Å². The van der Waals surface area contributed by atoms with Crippen molar-refractivity contribution < 1.29 is 4.74 Å². The van der Waals surface area contributed by atoms with Crippen molar-refractivity contribution in [1.82, 2.24) is 4.98 Å². The minimum absolute atomic E-state index is 0.255. The van der Waals surface area contributed by atoms with E-state index < -0.39 is 0 Å². The molecule has 1 aromatic heterocycles. The first kappa shape index (κ1) is 15.1. The van der Waals surface area contributed by atoms with Crippen LogP contribution in [0.4, 0.5) is 5.69 Å². The molecule has 4 heteroatoms. The number of ether oxygens (including phenoxy) is 1. The molecular weight excluding hydrogens is 262 g/mol. The molecule has 0 aliphatic carbocycles. The Kier molecular flexibility index (Phi) is 4.64. The zero-order valence-corrected chi connectivity index (χ0v) is 12.6. The van der Waals surface area contributed by atoms with Crippen LogP contribution in [0.1, 0.15) is 33.1 Å². The Bertz CT molecular complexity index is 659.